The molecule has 3 unspecified atom stereocenters. The second-order valence-corrected chi connectivity index (χ2v) is 5.38. The molecule has 17 heavy (non-hydrogen) atoms. The number of urea groups is 1. The molecule has 3 heterocycles. The smallest absolute Gasteiger partial charge is 0.317 e. The number of likely N-dealkylation sites (tertiary alicyclic amines) is 1. The van der Waals surface area contributed by atoms with E-state index in [0.29, 0.717) is 18.7 Å². The van der Waals surface area contributed by atoms with Gasteiger partial charge in [0.15, 0.2) is 0 Å². The number of nitrogens with zero attached hydrogens (tertiary/aromatic N) is 1. The van der Waals surface area contributed by atoms with Gasteiger partial charge in [0.1, 0.15) is 0 Å². The molecule has 0 aromatic carbocycles. The maximum Gasteiger partial charge on any atom is 0.317 e. The fourth-order valence-corrected chi connectivity index (χ4v) is 3.04. The Morgan fingerprint density at radius 3 is 2.94 bits per heavy atom. The van der Waals surface area contributed by atoms with Gasteiger partial charge >= 0.3 is 6.03 Å². The van der Waals surface area contributed by atoms with Crippen LogP contribution in [0.25, 0.3) is 0 Å². The quantitative estimate of drug-likeness (QED) is 0.692. The zero-order chi connectivity index (χ0) is 11.7. The van der Waals surface area contributed by atoms with Crippen molar-refractivity contribution < 1.29 is 9.53 Å². The molecule has 3 aliphatic heterocycles. The van der Waals surface area contributed by atoms with Crippen molar-refractivity contribution in [1.82, 2.24) is 15.5 Å². The minimum Gasteiger partial charge on any atom is -0.379 e. The third-order valence-corrected chi connectivity index (χ3v) is 4.07. The Balaban J connectivity index is 1.54. The Hall–Kier alpha value is -0.810. The summed E-state index contributed by atoms with van der Waals surface area (Å²) >= 11 is 0. The predicted molar refractivity (Wildman–Crippen MR) is 63.9 cm³/mol. The van der Waals surface area contributed by atoms with Crippen LogP contribution in [-0.4, -0.2) is 55.4 Å². The zero-order valence-corrected chi connectivity index (χ0v) is 10.2. The van der Waals surface area contributed by atoms with Crippen LogP contribution in [0.4, 0.5) is 4.79 Å². The number of fused-ring (bicyclic) bond motifs is 2. The van der Waals surface area contributed by atoms with E-state index in [1.54, 1.807) is 0 Å². The van der Waals surface area contributed by atoms with E-state index in [4.69, 9.17) is 4.74 Å². The van der Waals surface area contributed by atoms with E-state index in [2.05, 4.69) is 10.6 Å². The fourth-order valence-electron chi connectivity index (χ4n) is 3.04. The Bertz CT molecular complexity index is 291. The van der Waals surface area contributed by atoms with Gasteiger partial charge in [0.05, 0.1) is 12.6 Å². The third kappa shape index (κ3) is 2.55. The number of amides is 2. The maximum atomic E-state index is 12.1. The molecule has 96 valence electrons. The van der Waals surface area contributed by atoms with Gasteiger partial charge in [-0.25, -0.2) is 4.79 Å². The lowest BCUT2D eigenvalue weighted by molar-refractivity contribution is 0.176. The first-order valence-electron chi connectivity index (χ1n) is 6.70. The van der Waals surface area contributed by atoms with Crippen LogP contribution in [-0.2, 0) is 4.74 Å². The summed E-state index contributed by atoms with van der Waals surface area (Å²) in [5.74, 6) is 0. The topological polar surface area (TPSA) is 53.6 Å². The van der Waals surface area contributed by atoms with Gasteiger partial charge in [0.25, 0.3) is 0 Å². The minimum atomic E-state index is 0.0925. The second kappa shape index (κ2) is 4.82. The fraction of sp³-hybridized carbons (Fsp3) is 0.917. The number of hydrogen-bond donors (Lipinski definition) is 2. The molecule has 0 spiro atoms. The van der Waals surface area contributed by atoms with Gasteiger partial charge < -0.3 is 20.3 Å². The van der Waals surface area contributed by atoms with Crippen molar-refractivity contribution in [2.45, 2.75) is 43.8 Å². The highest BCUT2D eigenvalue weighted by atomic mass is 16.5. The van der Waals surface area contributed by atoms with Gasteiger partial charge in [-0.3, -0.25) is 0 Å². The van der Waals surface area contributed by atoms with Gasteiger partial charge in [-0.15, -0.1) is 0 Å². The third-order valence-electron chi connectivity index (χ3n) is 4.07. The Morgan fingerprint density at radius 2 is 2.12 bits per heavy atom. The summed E-state index contributed by atoms with van der Waals surface area (Å²) in [7, 11) is 0. The lowest BCUT2D eigenvalue weighted by Gasteiger charge is -2.26. The number of carbonyl (C=O) groups is 1. The lowest BCUT2D eigenvalue weighted by atomic mass is 10.1. The largest absolute Gasteiger partial charge is 0.379 e. The summed E-state index contributed by atoms with van der Waals surface area (Å²) in [5.41, 5.74) is 0. The van der Waals surface area contributed by atoms with Crippen LogP contribution < -0.4 is 10.6 Å². The first-order chi connectivity index (χ1) is 8.31. The highest BCUT2D eigenvalue weighted by Crippen LogP contribution is 2.20. The van der Waals surface area contributed by atoms with Crippen molar-refractivity contribution in [1.29, 1.82) is 0 Å². The summed E-state index contributed by atoms with van der Waals surface area (Å²) in [6.45, 7) is 3.19. The first kappa shape index (κ1) is 11.3. The average Bonchev–Trinajstić information content (AvgIpc) is 2.88. The van der Waals surface area contributed by atoms with Crippen LogP contribution in [0, 0.1) is 0 Å². The summed E-state index contributed by atoms with van der Waals surface area (Å²) in [5, 5.41) is 6.65. The van der Waals surface area contributed by atoms with Crippen molar-refractivity contribution >= 4 is 6.03 Å². The van der Waals surface area contributed by atoms with Gasteiger partial charge in [-0.2, -0.15) is 0 Å². The minimum absolute atomic E-state index is 0.0925. The molecule has 0 aromatic heterocycles. The van der Waals surface area contributed by atoms with Crippen molar-refractivity contribution in [3.8, 4) is 0 Å². The van der Waals surface area contributed by atoms with Gasteiger partial charge in [-0.1, -0.05) is 0 Å². The van der Waals surface area contributed by atoms with Gasteiger partial charge in [0, 0.05) is 31.8 Å². The van der Waals surface area contributed by atoms with E-state index < -0.39 is 0 Å². The second-order valence-electron chi connectivity index (χ2n) is 5.38. The number of hydrogen-bond acceptors (Lipinski definition) is 3. The molecule has 2 bridgehead atoms. The van der Waals surface area contributed by atoms with E-state index in [9.17, 15) is 4.79 Å². The molecule has 0 aromatic rings. The van der Waals surface area contributed by atoms with Gasteiger partial charge in [0.2, 0.25) is 0 Å². The number of ether oxygens (including phenoxy) is 1. The van der Waals surface area contributed by atoms with Crippen LogP contribution in [0.3, 0.4) is 0 Å². The molecule has 3 saturated heterocycles. The van der Waals surface area contributed by atoms with Crippen molar-refractivity contribution in [3.05, 3.63) is 0 Å². The lowest BCUT2D eigenvalue weighted by Crippen LogP contribution is -2.48. The Labute approximate surface area is 102 Å². The summed E-state index contributed by atoms with van der Waals surface area (Å²) in [6.07, 6.45) is 4.52. The van der Waals surface area contributed by atoms with E-state index >= 15 is 0 Å². The average molecular weight is 239 g/mol. The van der Waals surface area contributed by atoms with Gasteiger partial charge in [-0.05, 0) is 25.7 Å². The number of carbonyl (C=O) groups excluding carboxylic acids is 1. The van der Waals surface area contributed by atoms with Crippen LogP contribution in [0.5, 0.6) is 0 Å². The molecule has 0 aliphatic carbocycles. The molecule has 3 rings (SSSR count). The van der Waals surface area contributed by atoms with Crippen LogP contribution >= 0.6 is 0 Å². The SMILES string of the molecule is O=C(NC1CCOC1)N1CCC2CCC(C1)N2. The molecule has 5 heteroatoms. The van der Waals surface area contributed by atoms with Crippen LogP contribution in [0.1, 0.15) is 25.7 Å². The molecule has 0 radical (unpaired) electrons. The Kier molecular flexibility index (Phi) is 3.20. The highest BCUT2D eigenvalue weighted by molar-refractivity contribution is 5.74. The Morgan fingerprint density at radius 1 is 1.24 bits per heavy atom. The number of nitrogens with one attached hydrogen (secondary N) is 2. The zero-order valence-electron chi connectivity index (χ0n) is 10.2. The van der Waals surface area contributed by atoms with Crippen LogP contribution in [0.15, 0.2) is 0 Å². The predicted octanol–water partition coefficient (Wildman–Crippen LogP) is 0.311. The summed E-state index contributed by atoms with van der Waals surface area (Å²) in [4.78, 5) is 14.1. The number of rotatable bonds is 1. The molecule has 5 nitrogen and oxygen atoms in total. The summed E-state index contributed by atoms with van der Waals surface area (Å²) in [6, 6.07) is 1.45. The van der Waals surface area contributed by atoms with Crippen molar-refractivity contribution in [3.63, 3.8) is 0 Å². The molecule has 0 saturated carbocycles. The molecule has 3 aliphatic rings. The molecular formula is C12H21N3O2. The standard InChI is InChI=1S/C12H21N3O2/c16-12(14-11-4-6-17-8-11)15-5-3-9-1-2-10(7-15)13-9/h9-11,13H,1-8H2,(H,14,16). The maximum absolute atomic E-state index is 12.1. The van der Waals surface area contributed by atoms with Crippen LogP contribution in [0.2, 0.25) is 0 Å². The highest BCUT2D eigenvalue weighted by Gasteiger charge is 2.31. The van der Waals surface area contributed by atoms with E-state index in [1.807, 2.05) is 4.90 Å². The van der Waals surface area contributed by atoms with Crippen molar-refractivity contribution in [2.24, 2.45) is 0 Å². The molecule has 2 N–H and O–H groups in total. The molecule has 3 fully saturated rings. The normalized spacial score (nSPS) is 36.9. The molecular weight excluding hydrogens is 218 g/mol. The molecule has 2 amide bonds. The first-order valence-corrected chi connectivity index (χ1v) is 6.70. The van der Waals surface area contributed by atoms with Crippen molar-refractivity contribution in [2.75, 3.05) is 26.3 Å². The monoisotopic (exact) mass is 239 g/mol. The van der Waals surface area contributed by atoms with E-state index in [1.165, 1.54) is 12.8 Å². The van der Waals surface area contributed by atoms with E-state index in [-0.39, 0.29) is 12.1 Å². The molecule has 3 atom stereocenters. The summed E-state index contributed by atoms with van der Waals surface area (Å²) < 4.78 is 5.27. The van der Waals surface area contributed by atoms with E-state index in [0.717, 1.165) is 32.5 Å².